The second-order valence-corrected chi connectivity index (χ2v) is 8.72. The van der Waals surface area contributed by atoms with Gasteiger partial charge in [-0.1, -0.05) is 60.7 Å². The Labute approximate surface area is 191 Å². The molecular weight excluding hydrogens is 478 g/mol. The minimum absolute atomic E-state index is 0.0821. The maximum absolute atomic E-state index is 12.7. The van der Waals surface area contributed by atoms with E-state index >= 15 is 0 Å². The molecule has 31 heavy (non-hydrogen) atoms. The Balaban J connectivity index is 1.48. The molecule has 1 heterocycles. The Morgan fingerprint density at radius 3 is 2.32 bits per heavy atom. The standard InChI is InChI=1S/C24H16BrNO4S/c25-19-12-16(8-11-20(19)27)13-21-23(29)26(24(30)31-21)14-15-6-9-18(10-7-15)22(28)17-4-2-1-3-5-17/h1-13,27H,14H2. The number of carbonyl (C=O) groups is 3. The van der Waals surface area contributed by atoms with Gasteiger partial charge in [0, 0.05) is 11.1 Å². The first-order chi connectivity index (χ1) is 14.9. The van der Waals surface area contributed by atoms with Crippen LogP contribution in [0.15, 0.2) is 82.2 Å². The van der Waals surface area contributed by atoms with Gasteiger partial charge < -0.3 is 5.11 Å². The molecule has 0 saturated carbocycles. The molecule has 1 aliphatic heterocycles. The van der Waals surface area contributed by atoms with Crippen LogP contribution in [0, 0.1) is 0 Å². The number of benzene rings is 3. The number of nitrogens with zero attached hydrogens (tertiary/aromatic N) is 1. The van der Waals surface area contributed by atoms with Crippen molar-refractivity contribution in [2.24, 2.45) is 0 Å². The van der Waals surface area contributed by atoms with Crippen LogP contribution in [-0.2, 0) is 11.3 Å². The van der Waals surface area contributed by atoms with Crippen molar-refractivity contribution in [2.45, 2.75) is 6.54 Å². The number of carbonyl (C=O) groups excluding carboxylic acids is 3. The summed E-state index contributed by atoms with van der Waals surface area (Å²) in [4.78, 5) is 39.2. The number of imide groups is 1. The molecule has 0 bridgehead atoms. The predicted molar refractivity (Wildman–Crippen MR) is 124 cm³/mol. The lowest BCUT2D eigenvalue weighted by Gasteiger charge is -2.12. The van der Waals surface area contributed by atoms with Gasteiger partial charge in [-0.25, -0.2) is 0 Å². The highest BCUT2D eigenvalue weighted by Gasteiger charge is 2.35. The van der Waals surface area contributed by atoms with Crippen molar-refractivity contribution in [3.8, 4) is 5.75 Å². The molecule has 0 aromatic heterocycles. The summed E-state index contributed by atoms with van der Waals surface area (Å²) in [6, 6.07) is 20.7. The van der Waals surface area contributed by atoms with Gasteiger partial charge in [0.1, 0.15) is 5.75 Å². The van der Waals surface area contributed by atoms with E-state index in [4.69, 9.17) is 0 Å². The van der Waals surface area contributed by atoms with E-state index in [2.05, 4.69) is 15.9 Å². The molecule has 1 N–H and O–H groups in total. The van der Waals surface area contributed by atoms with E-state index in [1.165, 1.54) is 11.0 Å². The molecule has 0 aliphatic carbocycles. The number of ketones is 1. The van der Waals surface area contributed by atoms with Gasteiger partial charge in [-0.15, -0.1) is 0 Å². The second kappa shape index (κ2) is 8.91. The Kier molecular flexibility index (Phi) is 6.06. The predicted octanol–water partition coefficient (Wildman–Crippen LogP) is 5.62. The number of phenols is 1. The topological polar surface area (TPSA) is 74.7 Å². The summed E-state index contributed by atoms with van der Waals surface area (Å²) in [5, 5.41) is 9.25. The molecule has 1 saturated heterocycles. The fourth-order valence-corrected chi connectivity index (χ4v) is 4.34. The van der Waals surface area contributed by atoms with Crippen molar-refractivity contribution in [1.29, 1.82) is 0 Å². The molecule has 154 valence electrons. The number of hydrogen-bond acceptors (Lipinski definition) is 5. The molecule has 7 heteroatoms. The Bertz CT molecular complexity index is 1210. The molecule has 3 aromatic carbocycles. The molecule has 4 rings (SSSR count). The van der Waals surface area contributed by atoms with Crippen molar-refractivity contribution < 1.29 is 19.5 Å². The maximum Gasteiger partial charge on any atom is 0.293 e. The van der Waals surface area contributed by atoms with E-state index in [1.807, 2.05) is 18.2 Å². The zero-order valence-electron chi connectivity index (χ0n) is 16.1. The smallest absolute Gasteiger partial charge is 0.293 e. The number of aromatic hydroxyl groups is 1. The third-order valence-corrected chi connectivity index (χ3v) is 6.28. The van der Waals surface area contributed by atoms with Crippen LogP contribution < -0.4 is 0 Å². The van der Waals surface area contributed by atoms with E-state index in [9.17, 15) is 19.5 Å². The van der Waals surface area contributed by atoms with Gasteiger partial charge in [0.05, 0.1) is 15.9 Å². The van der Waals surface area contributed by atoms with E-state index in [-0.39, 0.29) is 29.2 Å². The first-order valence-electron chi connectivity index (χ1n) is 9.35. The number of thioether (sulfide) groups is 1. The van der Waals surface area contributed by atoms with E-state index in [1.54, 1.807) is 54.6 Å². The van der Waals surface area contributed by atoms with Gasteiger partial charge in [-0.3, -0.25) is 19.3 Å². The average molecular weight is 494 g/mol. The zero-order chi connectivity index (χ0) is 22.0. The normalized spacial score (nSPS) is 15.0. The first-order valence-corrected chi connectivity index (χ1v) is 11.0. The van der Waals surface area contributed by atoms with Crippen molar-refractivity contribution >= 4 is 50.7 Å². The molecule has 0 unspecified atom stereocenters. The number of phenolic OH excluding ortho intramolecular Hbond substituents is 1. The number of halogens is 1. The monoisotopic (exact) mass is 493 g/mol. The lowest BCUT2D eigenvalue weighted by Crippen LogP contribution is -2.27. The highest BCUT2D eigenvalue weighted by atomic mass is 79.9. The third kappa shape index (κ3) is 4.62. The van der Waals surface area contributed by atoms with Gasteiger partial charge in [0.15, 0.2) is 5.78 Å². The van der Waals surface area contributed by atoms with Crippen LogP contribution in [0.3, 0.4) is 0 Å². The molecule has 1 aliphatic rings. The summed E-state index contributed by atoms with van der Waals surface area (Å²) < 4.78 is 0.505. The van der Waals surface area contributed by atoms with Crippen LogP contribution in [0.2, 0.25) is 0 Å². The Morgan fingerprint density at radius 2 is 1.65 bits per heavy atom. The fourth-order valence-electron chi connectivity index (χ4n) is 3.10. The second-order valence-electron chi connectivity index (χ2n) is 6.87. The lowest BCUT2D eigenvalue weighted by atomic mass is 10.0. The average Bonchev–Trinajstić information content (AvgIpc) is 3.04. The summed E-state index contributed by atoms with van der Waals surface area (Å²) in [6.45, 7) is 0.126. The SMILES string of the molecule is O=C(c1ccccc1)c1ccc(CN2C(=O)SC(=Cc3ccc(O)c(Br)c3)C2=O)cc1. The zero-order valence-corrected chi connectivity index (χ0v) is 18.5. The van der Waals surface area contributed by atoms with Crippen molar-refractivity contribution in [3.63, 3.8) is 0 Å². The Morgan fingerprint density at radius 1 is 0.968 bits per heavy atom. The summed E-state index contributed by atoms with van der Waals surface area (Å²) >= 11 is 4.11. The van der Waals surface area contributed by atoms with Gasteiger partial charge in [0.2, 0.25) is 0 Å². The van der Waals surface area contributed by atoms with Crippen molar-refractivity contribution in [1.82, 2.24) is 4.90 Å². The number of hydrogen-bond donors (Lipinski definition) is 1. The van der Waals surface area contributed by atoms with Crippen LogP contribution in [0.25, 0.3) is 6.08 Å². The molecule has 5 nitrogen and oxygen atoms in total. The molecule has 0 spiro atoms. The van der Waals surface area contributed by atoms with Crippen LogP contribution in [0.5, 0.6) is 5.75 Å². The van der Waals surface area contributed by atoms with Crippen LogP contribution in [-0.4, -0.2) is 26.9 Å². The first kappa shape index (κ1) is 21.1. The van der Waals surface area contributed by atoms with Crippen LogP contribution >= 0.6 is 27.7 Å². The highest BCUT2D eigenvalue weighted by Crippen LogP contribution is 2.34. The minimum atomic E-state index is -0.372. The third-order valence-electron chi connectivity index (χ3n) is 4.74. The van der Waals surface area contributed by atoms with Gasteiger partial charge in [-0.2, -0.15) is 0 Å². The van der Waals surface area contributed by atoms with Gasteiger partial charge in [-0.05, 0) is 57.0 Å². The summed E-state index contributed by atoms with van der Waals surface area (Å²) in [6.07, 6.45) is 1.62. The molecular formula is C24H16BrNO4S. The van der Waals surface area contributed by atoms with E-state index in [0.717, 1.165) is 17.3 Å². The van der Waals surface area contributed by atoms with Gasteiger partial charge in [0.25, 0.3) is 11.1 Å². The van der Waals surface area contributed by atoms with Crippen molar-refractivity contribution in [2.75, 3.05) is 0 Å². The molecule has 0 radical (unpaired) electrons. The molecule has 0 atom stereocenters. The van der Waals surface area contributed by atoms with E-state index in [0.29, 0.717) is 26.1 Å². The number of rotatable bonds is 5. The van der Waals surface area contributed by atoms with Gasteiger partial charge >= 0.3 is 0 Å². The van der Waals surface area contributed by atoms with E-state index < -0.39 is 0 Å². The quantitative estimate of drug-likeness (QED) is 0.368. The van der Waals surface area contributed by atoms with Crippen LogP contribution in [0.1, 0.15) is 27.0 Å². The largest absolute Gasteiger partial charge is 0.507 e. The minimum Gasteiger partial charge on any atom is -0.507 e. The van der Waals surface area contributed by atoms with Crippen LogP contribution in [0.4, 0.5) is 4.79 Å². The van der Waals surface area contributed by atoms with Crippen molar-refractivity contribution in [3.05, 3.63) is 104 Å². The molecule has 2 amide bonds. The summed E-state index contributed by atoms with van der Waals surface area (Å²) in [5.41, 5.74) is 2.59. The molecule has 3 aromatic rings. The highest BCUT2D eigenvalue weighted by molar-refractivity contribution is 9.10. The number of amides is 2. The maximum atomic E-state index is 12.7. The molecule has 1 fully saturated rings. The summed E-state index contributed by atoms with van der Waals surface area (Å²) in [5.74, 6) is -0.357. The fraction of sp³-hybridized carbons (Fsp3) is 0.0417. The summed E-state index contributed by atoms with van der Waals surface area (Å²) in [7, 11) is 0. The Hall–Kier alpha value is -3.16. The lowest BCUT2D eigenvalue weighted by molar-refractivity contribution is -0.123.